The molecule has 1 rings (SSSR count). The summed E-state index contributed by atoms with van der Waals surface area (Å²) in [5.41, 5.74) is -1.15. The van der Waals surface area contributed by atoms with Crippen LogP contribution in [-0.4, -0.2) is 28.2 Å². The number of benzene rings is 1. The highest BCUT2D eigenvalue weighted by Gasteiger charge is 2.24. The van der Waals surface area contributed by atoms with Crippen LogP contribution in [0.25, 0.3) is 0 Å². The first-order chi connectivity index (χ1) is 7.97. The smallest absolute Gasteiger partial charge is 0.317 e. The van der Waals surface area contributed by atoms with Crippen LogP contribution in [0.2, 0.25) is 5.02 Å². The van der Waals surface area contributed by atoms with Crippen molar-refractivity contribution in [1.82, 2.24) is 0 Å². The second-order valence-corrected chi connectivity index (χ2v) is 3.26. The molecule has 0 aliphatic rings. The summed E-state index contributed by atoms with van der Waals surface area (Å²) in [7, 11) is 0. The molecule has 0 radical (unpaired) electrons. The van der Waals surface area contributed by atoms with E-state index in [1.165, 1.54) is 0 Å². The van der Waals surface area contributed by atoms with E-state index in [0.29, 0.717) is 0 Å². The molecule has 0 unspecified atom stereocenters. The van der Waals surface area contributed by atoms with Crippen LogP contribution in [0, 0.1) is 20.2 Å². The van der Waals surface area contributed by atoms with Gasteiger partial charge in [0.2, 0.25) is 0 Å². The molecule has 0 aliphatic carbocycles. The topological polar surface area (TPSA) is 116 Å². The van der Waals surface area contributed by atoms with Crippen molar-refractivity contribution in [1.29, 1.82) is 0 Å². The van der Waals surface area contributed by atoms with Gasteiger partial charge in [0.05, 0.1) is 22.5 Å². The molecule has 0 saturated heterocycles. The van der Waals surface area contributed by atoms with Gasteiger partial charge in [0.25, 0.3) is 5.69 Å². The summed E-state index contributed by atoms with van der Waals surface area (Å²) < 4.78 is 4.86. The molecule has 0 atom stereocenters. The van der Waals surface area contributed by atoms with Crippen molar-refractivity contribution in [2.24, 2.45) is 0 Å². The van der Waals surface area contributed by atoms with E-state index in [1.807, 2.05) is 0 Å². The Balaban J connectivity index is 3.25. The summed E-state index contributed by atoms with van der Waals surface area (Å²) in [5, 5.41) is 29.5. The SMILES string of the molecule is O=[N+]([O-])c1cc([N+](=O)[O-])c(OCCO)cc1Cl. The lowest BCUT2D eigenvalue weighted by atomic mass is 10.2. The molecule has 0 aromatic heterocycles. The zero-order valence-corrected chi connectivity index (χ0v) is 9.09. The molecule has 9 heteroatoms. The van der Waals surface area contributed by atoms with E-state index in [0.717, 1.165) is 12.1 Å². The van der Waals surface area contributed by atoms with E-state index in [9.17, 15) is 20.2 Å². The summed E-state index contributed by atoms with van der Waals surface area (Å²) >= 11 is 5.57. The zero-order valence-electron chi connectivity index (χ0n) is 8.33. The molecule has 92 valence electrons. The van der Waals surface area contributed by atoms with Crippen LogP contribution < -0.4 is 4.74 Å². The summed E-state index contributed by atoms with van der Waals surface area (Å²) in [5.74, 6) is -0.223. The van der Waals surface area contributed by atoms with Crippen molar-refractivity contribution in [2.45, 2.75) is 0 Å². The van der Waals surface area contributed by atoms with Crippen molar-refractivity contribution in [3.05, 3.63) is 37.4 Å². The van der Waals surface area contributed by atoms with Crippen molar-refractivity contribution < 1.29 is 19.7 Å². The maximum Gasteiger partial charge on any atom is 0.317 e. The second kappa shape index (κ2) is 5.41. The number of nitro groups is 2. The number of rotatable bonds is 5. The van der Waals surface area contributed by atoms with Crippen LogP contribution in [0.5, 0.6) is 5.75 Å². The fourth-order valence-corrected chi connectivity index (χ4v) is 1.31. The van der Waals surface area contributed by atoms with Gasteiger partial charge < -0.3 is 9.84 Å². The van der Waals surface area contributed by atoms with E-state index < -0.39 is 21.2 Å². The number of nitro benzene ring substituents is 2. The third-order valence-electron chi connectivity index (χ3n) is 1.77. The molecule has 1 aromatic rings. The first kappa shape index (κ1) is 13.1. The largest absolute Gasteiger partial charge is 0.484 e. The van der Waals surface area contributed by atoms with Crippen LogP contribution in [0.15, 0.2) is 12.1 Å². The van der Waals surface area contributed by atoms with Crippen molar-refractivity contribution in [3.63, 3.8) is 0 Å². The third-order valence-corrected chi connectivity index (χ3v) is 2.07. The quantitative estimate of drug-likeness (QED) is 0.635. The number of halogens is 1. The average molecular weight is 263 g/mol. The molecular weight excluding hydrogens is 256 g/mol. The Morgan fingerprint density at radius 2 is 1.82 bits per heavy atom. The van der Waals surface area contributed by atoms with Gasteiger partial charge in [-0.05, 0) is 0 Å². The monoisotopic (exact) mass is 262 g/mol. The van der Waals surface area contributed by atoms with E-state index in [4.69, 9.17) is 21.4 Å². The van der Waals surface area contributed by atoms with Gasteiger partial charge in [-0.15, -0.1) is 0 Å². The van der Waals surface area contributed by atoms with Crippen LogP contribution in [0.3, 0.4) is 0 Å². The minimum Gasteiger partial charge on any atom is -0.484 e. The summed E-state index contributed by atoms with van der Waals surface area (Å²) in [6, 6.07) is 1.70. The van der Waals surface area contributed by atoms with Crippen LogP contribution in [0.4, 0.5) is 11.4 Å². The Labute approximate surface area is 99.7 Å². The number of hydrogen-bond acceptors (Lipinski definition) is 6. The summed E-state index contributed by atoms with van der Waals surface area (Å²) in [6.07, 6.45) is 0. The van der Waals surface area contributed by atoms with Crippen LogP contribution >= 0.6 is 11.6 Å². The first-order valence-electron chi connectivity index (χ1n) is 4.33. The molecule has 17 heavy (non-hydrogen) atoms. The van der Waals surface area contributed by atoms with Crippen molar-refractivity contribution in [2.75, 3.05) is 13.2 Å². The number of ether oxygens (including phenoxy) is 1. The van der Waals surface area contributed by atoms with Crippen molar-refractivity contribution in [3.8, 4) is 5.75 Å². The number of aliphatic hydroxyl groups is 1. The standard InChI is InChI=1S/C8H7ClN2O6/c9-5-3-8(17-2-1-12)7(11(15)16)4-6(5)10(13)14/h3-4,12H,1-2H2. The Kier molecular flexibility index (Phi) is 4.18. The average Bonchev–Trinajstić information content (AvgIpc) is 2.25. The van der Waals surface area contributed by atoms with Crippen molar-refractivity contribution >= 4 is 23.0 Å². The zero-order chi connectivity index (χ0) is 13.0. The van der Waals surface area contributed by atoms with Gasteiger partial charge in [0.1, 0.15) is 11.6 Å². The predicted molar refractivity (Wildman–Crippen MR) is 57.3 cm³/mol. The molecule has 0 spiro atoms. The van der Waals surface area contributed by atoms with E-state index in [-0.39, 0.29) is 24.0 Å². The fourth-order valence-electron chi connectivity index (χ4n) is 1.09. The third kappa shape index (κ3) is 3.02. The maximum absolute atomic E-state index is 10.7. The highest BCUT2D eigenvalue weighted by atomic mass is 35.5. The lowest BCUT2D eigenvalue weighted by molar-refractivity contribution is -0.394. The molecule has 1 aromatic carbocycles. The van der Waals surface area contributed by atoms with Gasteiger partial charge in [-0.1, -0.05) is 11.6 Å². The van der Waals surface area contributed by atoms with Gasteiger partial charge in [0.15, 0.2) is 5.75 Å². The van der Waals surface area contributed by atoms with Gasteiger partial charge in [-0.25, -0.2) is 0 Å². The molecule has 0 heterocycles. The van der Waals surface area contributed by atoms with Gasteiger partial charge >= 0.3 is 5.69 Å². The van der Waals surface area contributed by atoms with Gasteiger partial charge in [-0.3, -0.25) is 20.2 Å². The van der Waals surface area contributed by atoms with Crippen LogP contribution in [0.1, 0.15) is 0 Å². The summed E-state index contributed by atoms with van der Waals surface area (Å²) in [6.45, 7) is -0.513. The Morgan fingerprint density at radius 1 is 1.24 bits per heavy atom. The molecule has 0 fully saturated rings. The number of hydrogen-bond donors (Lipinski definition) is 1. The minimum atomic E-state index is -0.828. The maximum atomic E-state index is 10.7. The lowest BCUT2D eigenvalue weighted by Gasteiger charge is -2.05. The van der Waals surface area contributed by atoms with Gasteiger partial charge in [0, 0.05) is 6.07 Å². The second-order valence-electron chi connectivity index (χ2n) is 2.86. The van der Waals surface area contributed by atoms with Crippen LogP contribution in [-0.2, 0) is 0 Å². The van der Waals surface area contributed by atoms with Gasteiger partial charge in [-0.2, -0.15) is 0 Å². The minimum absolute atomic E-state index is 0.172. The molecule has 0 aliphatic heterocycles. The number of aliphatic hydroxyl groups excluding tert-OH is 1. The first-order valence-corrected chi connectivity index (χ1v) is 4.71. The Hall–Kier alpha value is -1.93. The highest BCUT2D eigenvalue weighted by molar-refractivity contribution is 6.32. The predicted octanol–water partition coefficient (Wildman–Crippen LogP) is 1.53. The van der Waals surface area contributed by atoms with E-state index in [2.05, 4.69) is 0 Å². The normalized spacial score (nSPS) is 10.0. The number of nitrogens with zero attached hydrogens (tertiary/aromatic N) is 2. The molecule has 0 saturated carbocycles. The molecule has 1 N–H and O–H groups in total. The highest BCUT2D eigenvalue weighted by Crippen LogP contribution is 2.36. The lowest BCUT2D eigenvalue weighted by Crippen LogP contribution is -2.04. The molecule has 8 nitrogen and oxygen atoms in total. The Bertz CT molecular complexity index is 464. The molecule has 0 amide bonds. The fraction of sp³-hybridized carbons (Fsp3) is 0.250. The molecular formula is C8H7ClN2O6. The molecule has 0 bridgehead atoms. The Morgan fingerprint density at radius 3 is 2.29 bits per heavy atom. The summed E-state index contributed by atoms with van der Waals surface area (Å²) in [4.78, 5) is 19.6. The van der Waals surface area contributed by atoms with E-state index >= 15 is 0 Å². The van der Waals surface area contributed by atoms with E-state index in [1.54, 1.807) is 0 Å².